The summed E-state index contributed by atoms with van der Waals surface area (Å²) in [6, 6.07) is 11.0. The molecule has 4 nitrogen and oxygen atoms in total. The molecule has 1 aliphatic rings. The van der Waals surface area contributed by atoms with Crippen LogP contribution in [0.4, 0.5) is 10.1 Å². The fourth-order valence-corrected chi connectivity index (χ4v) is 4.03. The topological polar surface area (TPSA) is 46.6 Å². The summed E-state index contributed by atoms with van der Waals surface area (Å²) in [6.45, 7) is 2.50. The first-order valence-electron chi connectivity index (χ1n) is 6.94. The largest absolute Gasteiger partial charge is 0.489 e. The summed E-state index contributed by atoms with van der Waals surface area (Å²) >= 11 is 0. The van der Waals surface area contributed by atoms with Gasteiger partial charge in [0.05, 0.1) is 18.0 Å². The molecule has 22 heavy (non-hydrogen) atoms. The number of anilines is 1. The molecule has 2 aromatic rings. The van der Waals surface area contributed by atoms with Crippen LogP contribution in [0, 0.1) is 12.7 Å². The van der Waals surface area contributed by atoms with Crippen LogP contribution in [0.25, 0.3) is 0 Å². The minimum atomic E-state index is -3.55. The minimum absolute atomic E-state index is 0.166. The van der Waals surface area contributed by atoms with Gasteiger partial charge in [-0.25, -0.2) is 12.8 Å². The fourth-order valence-electron chi connectivity index (χ4n) is 2.46. The molecule has 116 valence electrons. The van der Waals surface area contributed by atoms with Crippen molar-refractivity contribution in [2.45, 2.75) is 12.7 Å². The van der Waals surface area contributed by atoms with Crippen molar-refractivity contribution in [3.05, 3.63) is 59.4 Å². The number of ether oxygens (including phenoxy) is 1. The second-order valence-corrected chi connectivity index (χ2v) is 7.17. The molecule has 0 N–H and O–H groups in total. The molecule has 0 bridgehead atoms. The van der Waals surface area contributed by atoms with Crippen molar-refractivity contribution >= 4 is 15.7 Å². The Balaban J connectivity index is 1.93. The quantitative estimate of drug-likeness (QED) is 0.873. The zero-order valence-corrected chi connectivity index (χ0v) is 12.9. The van der Waals surface area contributed by atoms with Gasteiger partial charge in [0.2, 0.25) is 10.0 Å². The Bertz CT molecular complexity index is 788. The van der Waals surface area contributed by atoms with E-state index in [9.17, 15) is 12.8 Å². The monoisotopic (exact) mass is 321 g/mol. The molecule has 6 heteroatoms. The highest BCUT2D eigenvalue weighted by Gasteiger charge is 2.28. The molecule has 0 saturated carbocycles. The molecule has 0 aromatic heterocycles. The van der Waals surface area contributed by atoms with Gasteiger partial charge in [-0.2, -0.15) is 0 Å². The fraction of sp³-hybridized carbons (Fsp3) is 0.250. The number of aryl methyl sites for hydroxylation is 1. The molecule has 2 aromatic carbocycles. The molecule has 0 saturated heterocycles. The van der Waals surface area contributed by atoms with Crippen molar-refractivity contribution < 1.29 is 17.5 Å². The average Bonchev–Trinajstić information content (AvgIpc) is 2.48. The Morgan fingerprint density at radius 1 is 1.18 bits per heavy atom. The molecule has 0 fully saturated rings. The lowest BCUT2D eigenvalue weighted by Gasteiger charge is -2.30. The summed E-state index contributed by atoms with van der Waals surface area (Å²) in [5, 5.41) is 0. The maximum Gasteiger partial charge on any atom is 0.239 e. The Kier molecular flexibility index (Phi) is 3.78. The highest BCUT2D eigenvalue weighted by atomic mass is 32.2. The second-order valence-electron chi connectivity index (χ2n) is 5.27. The number of fused-ring (bicyclic) bond motifs is 1. The number of rotatable bonds is 3. The molecule has 0 unspecified atom stereocenters. The van der Waals surface area contributed by atoms with Crippen LogP contribution in [-0.4, -0.2) is 21.6 Å². The molecular weight excluding hydrogens is 305 g/mol. The van der Waals surface area contributed by atoms with Crippen LogP contribution in [0.5, 0.6) is 5.75 Å². The summed E-state index contributed by atoms with van der Waals surface area (Å²) in [5.74, 6) is 0.0220. The zero-order valence-electron chi connectivity index (χ0n) is 12.1. The van der Waals surface area contributed by atoms with Crippen molar-refractivity contribution in [3.63, 3.8) is 0 Å². The molecule has 1 heterocycles. The third-order valence-electron chi connectivity index (χ3n) is 3.53. The van der Waals surface area contributed by atoms with Crippen LogP contribution in [0.1, 0.15) is 11.1 Å². The van der Waals surface area contributed by atoms with E-state index in [2.05, 4.69) is 0 Å². The number of sulfonamides is 1. The average molecular weight is 321 g/mol. The van der Waals surface area contributed by atoms with Gasteiger partial charge >= 0.3 is 0 Å². The number of halogens is 1. The van der Waals surface area contributed by atoms with Crippen molar-refractivity contribution in [3.8, 4) is 5.75 Å². The SMILES string of the molecule is Cc1ccc2c(c1)N(S(=O)(=O)Cc1ccc(F)cc1)CCO2. The molecule has 0 atom stereocenters. The van der Waals surface area contributed by atoms with Crippen molar-refractivity contribution in [2.75, 3.05) is 17.5 Å². The molecular formula is C16H16FNO3S. The first kappa shape index (κ1) is 14.8. The third-order valence-corrected chi connectivity index (χ3v) is 5.28. The van der Waals surface area contributed by atoms with Crippen LogP contribution in [0.3, 0.4) is 0 Å². The Labute approximate surface area is 129 Å². The van der Waals surface area contributed by atoms with Gasteiger partial charge in [0.25, 0.3) is 0 Å². The second kappa shape index (κ2) is 5.61. The molecule has 1 aliphatic heterocycles. The smallest absolute Gasteiger partial charge is 0.239 e. The highest BCUT2D eigenvalue weighted by molar-refractivity contribution is 7.92. The third kappa shape index (κ3) is 2.92. The van der Waals surface area contributed by atoms with Crippen LogP contribution < -0.4 is 9.04 Å². The lowest BCUT2D eigenvalue weighted by Crippen LogP contribution is -2.38. The summed E-state index contributed by atoms with van der Waals surface area (Å²) in [7, 11) is -3.55. The van der Waals surface area contributed by atoms with E-state index in [1.807, 2.05) is 13.0 Å². The summed E-state index contributed by atoms with van der Waals surface area (Å²) in [4.78, 5) is 0. The van der Waals surface area contributed by atoms with Crippen LogP contribution in [0.2, 0.25) is 0 Å². The maximum atomic E-state index is 12.9. The summed E-state index contributed by atoms with van der Waals surface area (Å²) in [5.41, 5.74) is 2.08. The summed E-state index contributed by atoms with van der Waals surface area (Å²) < 4.78 is 45.2. The van der Waals surface area contributed by atoms with Crippen molar-refractivity contribution in [1.82, 2.24) is 0 Å². The van der Waals surface area contributed by atoms with Crippen LogP contribution in [-0.2, 0) is 15.8 Å². The summed E-state index contributed by atoms with van der Waals surface area (Å²) in [6.07, 6.45) is 0. The van der Waals surface area contributed by atoms with E-state index >= 15 is 0 Å². The predicted molar refractivity (Wildman–Crippen MR) is 83.0 cm³/mol. The predicted octanol–water partition coefficient (Wildman–Crippen LogP) is 2.86. The van der Waals surface area contributed by atoms with E-state index in [1.165, 1.54) is 28.6 Å². The Hall–Kier alpha value is -2.08. The number of hydrogen-bond donors (Lipinski definition) is 0. The van der Waals surface area contributed by atoms with Crippen LogP contribution >= 0.6 is 0 Å². The van der Waals surface area contributed by atoms with E-state index < -0.39 is 10.0 Å². The molecule has 0 amide bonds. The number of benzene rings is 2. The van der Waals surface area contributed by atoms with Gasteiger partial charge in [0.1, 0.15) is 18.2 Å². The molecule has 0 spiro atoms. The van der Waals surface area contributed by atoms with Gasteiger partial charge < -0.3 is 4.74 Å². The molecule has 0 radical (unpaired) electrons. The molecule has 0 aliphatic carbocycles. The first-order chi connectivity index (χ1) is 10.5. The van der Waals surface area contributed by atoms with Gasteiger partial charge in [0, 0.05) is 0 Å². The lowest BCUT2D eigenvalue weighted by atomic mass is 10.2. The maximum absolute atomic E-state index is 12.9. The number of nitrogens with zero attached hydrogens (tertiary/aromatic N) is 1. The van der Waals surface area contributed by atoms with Gasteiger partial charge in [-0.15, -0.1) is 0 Å². The van der Waals surface area contributed by atoms with E-state index in [-0.39, 0.29) is 18.1 Å². The normalized spacial score (nSPS) is 14.4. The van der Waals surface area contributed by atoms with Crippen LogP contribution in [0.15, 0.2) is 42.5 Å². The van der Waals surface area contributed by atoms with Gasteiger partial charge in [-0.1, -0.05) is 18.2 Å². The first-order valence-corrected chi connectivity index (χ1v) is 8.55. The minimum Gasteiger partial charge on any atom is -0.489 e. The zero-order chi connectivity index (χ0) is 15.7. The van der Waals surface area contributed by atoms with Gasteiger partial charge in [-0.3, -0.25) is 4.31 Å². The van der Waals surface area contributed by atoms with Crippen molar-refractivity contribution in [2.24, 2.45) is 0 Å². The lowest BCUT2D eigenvalue weighted by molar-refractivity contribution is 0.315. The van der Waals surface area contributed by atoms with Crippen molar-refractivity contribution in [1.29, 1.82) is 0 Å². The van der Waals surface area contributed by atoms with E-state index in [0.29, 0.717) is 23.6 Å². The Morgan fingerprint density at radius 2 is 1.91 bits per heavy atom. The number of hydrogen-bond acceptors (Lipinski definition) is 3. The molecule has 3 rings (SSSR count). The highest BCUT2D eigenvalue weighted by Crippen LogP contribution is 2.34. The van der Waals surface area contributed by atoms with E-state index in [1.54, 1.807) is 12.1 Å². The standard InChI is InChI=1S/C16H16FNO3S/c1-12-2-7-16-15(10-12)18(8-9-21-16)22(19,20)11-13-3-5-14(17)6-4-13/h2-7,10H,8-9,11H2,1H3. The van der Waals surface area contributed by atoms with Gasteiger partial charge in [-0.05, 0) is 42.3 Å². The van der Waals surface area contributed by atoms with E-state index in [4.69, 9.17) is 4.74 Å². The Morgan fingerprint density at radius 3 is 2.64 bits per heavy atom. The van der Waals surface area contributed by atoms with Gasteiger partial charge in [0.15, 0.2) is 0 Å². The van der Waals surface area contributed by atoms with E-state index in [0.717, 1.165) is 5.56 Å².